The van der Waals surface area contributed by atoms with Crippen LogP contribution in [0.25, 0.3) is 0 Å². The smallest absolute Gasteiger partial charge is 0.224 e. The van der Waals surface area contributed by atoms with Gasteiger partial charge in [0.05, 0.1) is 18.6 Å². The number of nitrogens with one attached hydrogen (secondary N) is 1. The minimum absolute atomic E-state index is 0.0164. The highest BCUT2D eigenvalue weighted by Crippen LogP contribution is 2.32. The second kappa shape index (κ2) is 6.99. The molecule has 0 aromatic heterocycles. The maximum Gasteiger partial charge on any atom is 0.224 e. The number of benzene rings is 1. The summed E-state index contributed by atoms with van der Waals surface area (Å²) < 4.78 is 0. The topological polar surface area (TPSA) is 49.3 Å². The summed E-state index contributed by atoms with van der Waals surface area (Å²) >= 11 is 11.9. The van der Waals surface area contributed by atoms with Gasteiger partial charge in [0.25, 0.3) is 0 Å². The molecular formula is C16H21Cl2NO2. The first-order chi connectivity index (χ1) is 9.94. The van der Waals surface area contributed by atoms with Crippen molar-refractivity contribution in [3.05, 3.63) is 33.8 Å². The predicted molar refractivity (Wildman–Crippen MR) is 85.8 cm³/mol. The Morgan fingerprint density at radius 3 is 2.86 bits per heavy atom. The van der Waals surface area contributed by atoms with Crippen LogP contribution in [0.3, 0.4) is 0 Å². The summed E-state index contributed by atoms with van der Waals surface area (Å²) in [4.78, 5) is 12.3. The molecular weight excluding hydrogens is 309 g/mol. The number of aliphatic hydroxyl groups is 1. The summed E-state index contributed by atoms with van der Waals surface area (Å²) in [7, 11) is 0. The number of halogens is 2. The van der Waals surface area contributed by atoms with Crippen LogP contribution in [0.1, 0.15) is 38.2 Å². The Bertz CT molecular complexity index is 521. The van der Waals surface area contributed by atoms with E-state index in [1.54, 1.807) is 18.2 Å². The molecule has 1 aliphatic rings. The standard InChI is InChI=1S/C16H21Cl2NO2/c1-11-3-2-6-16(9-11,10-20)19-15(21)7-12-4-5-13(17)8-14(12)18/h4-5,8,11,20H,2-3,6-7,9-10H2,1H3,(H,19,21). The van der Waals surface area contributed by atoms with Gasteiger partial charge in [0.2, 0.25) is 5.91 Å². The quantitative estimate of drug-likeness (QED) is 0.886. The SMILES string of the molecule is CC1CCCC(CO)(NC(=O)Cc2ccc(Cl)cc2Cl)C1. The van der Waals surface area contributed by atoms with Crippen LogP contribution in [0.5, 0.6) is 0 Å². The molecule has 2 atom stereocenters. The van der Waals surface area contributed by atoms with Gasteiger partial charge in [-0.25, -0.2) is 0 Å². The van der Waals surface area contributed by atoms with Gasteiger partial charge < -0.3 is 10.4 Å². The summed E-state index contributed by atoms with van der Waals surface area (Å²) in [5.74, 6) is 0.410. The molecule has 0 saturated heterocycles. The average Bonchev–Trinajstić information content (AvgIpc) is 2.42. The van der Waals surface area contributed by atoms with Crippen LogP contribution in [-0.4, -0.2) is 23.2 Å². The summed E-state index contributed by atoms with van der Waals surface area (Å²) in [6.45, 7) is 2.14. The molecule has 5 heteroatoms. The van der Waals surface area contributed by atoms with Crippen molar-refractivity contribution in [3.63, 3.8) is 0 Å². The van der Waals surface area contributed by atoms with E-state index in [4.69, 9.17) is 23.2 Å². The van der Waals surface area contributed by atoms with Crippen LogP contribution in [0.2, 0.25) is 10.0 Å². The molecule has 1 aromatic rings. The van der Waals surface area contributed by atoms with Gasteiger partial charge in [0.15, 0.2) is 0 Å². The van der Waals surface area contributed by atoms with Gasteiger partial charge in [-0.1, -0.05) is 49.0 Å². The molecule has 1 saturated carbocycles. The van der Waals surface area contributed by atoms with Gasteiger partial charge in [0, 0.05) is 10.0 Å². The molecule has 3 nitrogen and oxygen atoms in total. The molecule has 1 fully saturated rings. The van der Waals surface area contributed by atoms with Gasteiger partial charge in [0.1, 0.15) is 0 Å². The van der Waals surface area contributed by atoms with Crippen LogP contribution in [0, 0.1) is 5.92 Å². The van der Waals surface area contributed by atoms with E-state index >= 15 is 0 Å². The van der Waals surface area contributed by atoms with Gasteiger partial charge >= 0.3 is 0 Å². The van der Waals surface area contributed by atoms with E-state index in [2.05, 4.69) is 12.2 Å². The molecule has 0 radical (unpaired) electrons. The van der Waals surface area contributed by atoms with Crippen LogP contribution in [0.4, 0.5) is 0 Å². The fraction of sp³-hybridized carbons (Fsp3) is 0.562. The number of hydrogen-bond donors (Lipinski definition) is 2. The molecule has 0 spiro atoms. The van der Waals surface area contributed by atoms with E-state index in [1.165, 1.54) is 0 Å². The predicted octanol–water partition coefficient (Wildman–Crippen LogP) is 3.59. The lowest BCUT2D eigenvalue weighted by Gasteiger charge is -2.39. The van der Waals surface area contributed by atoms with Crippen molar-refractivity contribution in [2.45, 2.75) is 44.6 Å². The molecule has 0 heterocycles. The Balaban J connectivity index is 2.03. The van der Waals surface area contributed by atoms with E-state index in [0.717, 1.165) is 31.2 Å². The highest BCUT2D eigenvalue weighted by Gasteiger charge is 2.35. The fourth-order valence-corrected chi connectivity index (χ4v) is 3.61. The number of rotatable bonds is 4. The summed E-state index contributed by atoms with van der Waals surface area (Å²) in [5, 5.41) is 13.8. The van der Waals surface area contributed by atoms with Crippen molar-refractivity contribution in [2.24, 2.45) is 5.92 Å². The number of carbonyl (C=O) groups is 1. The Morgan fingerprint density at radius 2 is 2.24 bits per heavy atom. The van der Waals surface area contributed by atoms with Crippen LogP contribution >= 0.6 is 23.2 Å². The number of amides is 1. The molecule has 0 aliphatic heterocycles. The first-order valence-electron chi connectivity index (χ1n) is 7.30. The number of carbonyl (C=O) groups excluding carboxylic acids is 1. The fourth-order valence-electron chi connectivity index (χ4n) is 3.13. The van der Waals surface area contributed by atoms with Gasteiger partial charge in [-0.05, 0) is 36.5 Å². The van der Waals surface area contributed by atoms with Gasteiger partial charge in [-0.15, -0.1) is 0 Å². The maximum atomic E-state index is 12.3. The zero-order chi connectivity index (χ0) is 15.5. The molecule has 1 amide bonds. The van der Waals surface area contributed by atoms with Crippen molar-refractivity contribution in [1.29, 1.82) is 0 Å². The number of aliphatic hydroxyl groups excluding tert-OH is 1. The van der Waals surface area contributed by atoms with Crippen molar-refractivity contribution in [2.75, 3.05) is 6.61 Å². The second-order valence-corrected chi connectivity index (χ2v) is 6.94. The van der Waals surface area contributed by atoms with Gasteiger partial charge in [-0.3, -0.25) is 4.79 Å². The summed E-state index contributed by atoms with van der Waals surface area (Å²) in [5.41, 5.74) is 0.267. The number of hydrogen-bond acceptors (Lipinski definition) is 2. The lowest BCUT2D eigenvalue weighted by Crippen LogP contribution is -2.54. The van der Waals surface area contributed by atoms with Crippen molar-refractivity contribution < 1.29 is 9.90 Å². The zero-order valence-electron chi connectivity index (χ0n) is 12.2. The van der Waals surface area contributed by atoms with E-state index < -0.39 is 5.54 Å². The Labute approximate surface area is 135 Å². The van der Waals surface area contributed by atoms with Crippen LogP contribution in [-0.2, 0) is 11.2 Å². The monoisotopic (exact) mass is 329 g/mol. The van der Waals surface area contributed by atoms with Gasteiger partial charge in [-0.2, -0.15) is 0 Å². The van der Waals surface area contributed by atoms with E-state index in [9.17, 15) is 9.90 Å². The first kappa shape index (κ1) is 16.6. The molecule has 2 rings (SSSR count). The Morgan fingerprint density at radius 1 is 1.48 bits per heavy atom. The molecule has 1 aromatic carbocycles. The van der Waals surface area contributed by atoms with E-state index in [0.29, 0.717) is 16.0 Å². The molecule has 2 unspecified atom stereocenters. The minimum Gasteiger partial charge on any atom is -0.394 e. The Hall–Kier alpha value is -0.770. The van der Waals surface area contributed by atoms with E-state index in [-0.39, 0.29) is 18.9 Å². The summed E-state index contributed by atoms with van der Waals surface area (Å²) in [6, 6.07) is 5.12. The maximum absolute atomic E-state index is 12.3. The Kier molecular flexibility index (Phi) is 5.53. The van der Waals surface area contributed by atoms with Crippen LogP contribution < -0.4 is 5.32 Å². The normalized spacial score (nSPS) is 25.6. The lowest BCUT2D eigenvalue weighted by atomic mass is 9.76. The van der Waals surface area contributed by atoms with E-state index in [1.807, 2.05) is 0 Å². The second-order valence-electron chi connectivity index (χ2n) is 6.10. The van der Waals surface area contributed by atoms with Crippen molar-refractivity contribution >= 4 is 29.1 Å². The third kappa shape index (κ3) is 4.35. The molecule has 116 valence electrons. The minimum atomic E-state index is -0.479. The molecule has 21 heavy (non-hydrogen) atoms. The highest BCUT2D eigenvalue weighted by molar-refractivity contribution is 6.35. The van der Waals surface area contributed by atoms with Crippen molar-refractivity contribution in [3.8, 4) is 0 Å². The lowest BCUT2D eigenvalue weighted by molar-refractivity contribution is -0.123. The average molecular weight is 330 g/mol. The highest BCUT2D eigenvalue weighted by atomic mass is 35.5. The van der Waals surface area contributed by atoms with Crippen LogP contribution in [0.15, 0.2) is 18.2 Å². The molecule has 2 N–H and O–H groups in total. The largest absolute Gasteiger partial charge is 0.394 e. The summed E-state index contributed by atoms with van der Waals surface area (Å²) in [6.07, 6.45) is 4.04. The molecule has 0 bridgehead atoms. The molecule has 1 aliphatic carbocycles. The third-order valence-corrected chi connectivity index (χ3v) is 4.75. The first-order valence-corrected chi connectivity index (χ1v) is 8.05. The third-order valence-electron chi connectivity index (χ3n) is 4.16. The zero-order valence-corrected chi connectivity index (χ0v) is 13.7. The van der Waals surface area contributed by atoms with Crippen molar-refractivity contribution in [1.82, 2.24) is 5.32 Å².